The van der Waals surface area contributed by atoms with Crippen LogP contribution in [0.2, 0.25) is 12.1 Å². The van der Waals surface area contributed by atoms with Crippen LogP contribution in [0.5, 0.6) is 0 Å². The van der Waals surface area contributed by atoms with Crippen molar-refractivity contribution in [3.05, 3.63) is 54.6 Å². The molecule has 0 fully saturated rings. The van der Waals surface area contributed by atoms with E-state index in [0.29, 0.717) is 0 Å². The molecule has 2 aromatic carbocycles. The molecule has 0 heterocycles. The van der Waals surface area contributed by atoms with Crippen molar-refractivity contribution >= 4 is 14.0 Å². The molecule has 0 unspecified atom stereocenters. The highest BCUT2D eigenvalue weighted by Gasteiger charge is 2.20. The summed E-state index contributed by atoms with van der Waals surface area (Å²) in [6.07, 6.45) is 0. The second-order valence-corrected chi connectivity index (χ2v) is 9.27. The smallest absolute Gasteiger partial charge is 0.0630 e. The minimum atomic E-state index is -0.498. The fraction of sp³-hybridized carbons (Fsp3) is 0.400. The fourth-order valence-electron chi connectivity index (χ4n) is 2.95. The zero-order valence-corrected chi connectivity index (χ0v) is 14.8. The first-order chi connectivity index (χ1) is 10.1. The van der Waals surface area contributed by atoms with Gasteiger partial charge < -0.3 is 0 Å². The van der Waals surface area contributed by atoms with Gasteiger partial charge in [0.15, 0.2) is 0 Å². The molecule has 0 aliphatic rings. The van der Waals surface area contributed by atoms with Crippen LogP contribution in [0.25, 0.3) is 11.1 Å². The number of hydrogen-bond donors (Lipinski definition) is 0. The van der Waals surface area contributed by atoms with Gasteiger partial charge in [-0.3, -0.25) is 0 Å². The zero-order valence-electron chi connectivity index (χ0n) is 13.8. The molecular weight excluding hydrogens is 268 g/mol. The van der Waals surface area contributed by atoms with Gasteiger partial charge in [0, 0.05) is 0 Å². The van der Waals surface area contributed by atoms with Gasteiger partial charge in [-0.05, 0) is 23.0 Å². The summed E-state index contributed by atoms with van der Waals surface area (Å²) in [6, 6.07) is 22.7. The van der Waals surface area contributed by atoms with Gasteiger partial charge in [-0.25, -0.2) is 0 Å². The quantitative estimate of drug-likeness (QED) is 0.629. The fourth-order valence-corrected chi connectivity index (χ4v) is 6.47. The molecule has 0 aliphatic heterocycles. The summed E-state index contributed by atoms with van der Waals surface area (Å²) in [5.41, 5.74) is 2.82. The van der Waals surface area contributed by atoms with Crippen molar-refractivity contribution in [2.45, 2.75) is 39.8 Å². The maximum atomic E-state index is 2.38. The van der Waals surface area contributed by atoms with Gasteiger partial charge in [0.1, 0.15) is 0 Å². The third-order valence-electron chi connectivity index (χ3n) is 3.70. The molecule has 0 aliphatic carbocycles. The minimum Gasteiger partial charge on any atom is -0.0630 e. The van der Waals surface area contributed by atoms with Crippen LogP contribution < -0.4 is 5.19 Å². The molecule has 0 amide bonds. The first-order valence-corrected chi connectivity index (χ1v) is 9.99. The standard InChI is InChI=1S/C20H27Si/c1-16(2)14-21(15-17(3)4)20-13-9-8-12-19(20)18-10-6-5-7-11-18/h5-13,16-17H,14-15H2,1-4H3. The molecule has 2 rings (SSSR count). The lowest BCUT2D eigenvalue weighted by molar-refractivity contribution is 0.694. The van der Waals surface area contributed by atoms with E-state index in [1.54, 1.807) is 5.19 Å². The minimum absolute atomic E-state index is 0.498. The van der Waals surface area contributed by atoms with Crippen LogP contribution in [-0.2, 0) is 0 Å². The van der Waals surface area contributed by atoms with E-state index in [2.05, 4.69) is 82.3 Å². The summed E-state index contributed by atoms with van der Waals surface area (Å²) in [7, 11) is -0.498. The van der Waals surface area contributed by atoms with Gasteiger partial charge in [-0.2, -0.15) is 0 Å². The van der Waals surface area contributed by atoms with Crippen LogP contribution in [0.15, 0.2) is 54.6 Å². The summed E-state index contributed by atoms with van der Waals surface area (Å²) >= 11 is 0. The van der Waals surface area contributed by atoms with Crippen LogP contribution >= 0.6 is 0 Å². The van der Waals surface area contributed by atoms with Crippen LogP contribution in [0.1, 0.15) is 27.7 Å². The maximum Gasteiger partial charge on any atom is 0.0870 e. The van der Waals surface area contributed by atoms with E-state index in [1.807, 2.05) is 0 Å². The SMILES string of the molecule is CC(C)C[Si](CC(C)C)c1ccccc1-c1ccccc1. The lowest BCUT2D eigenvalue weighted by Gasteiger charge is -2.22. The summed E-state index contributed by atoms with van der Waals surface area (Å²) in [5.74, 6) is 1.56. The lowest BCUT2D eigenvalue weighted by atomic mass is 10.1. The van der Waals surface area contributed by atoms with Gasteiger partial charge in [0.05, 0.1) is 8.80 Å². The monoisotopic (exact) mass is 295 g/mol. The Labute approximate surface area is 131 Å². The Morgan fingerprint density at radius 2 is 1.24 bits per heavy atom. The molecule has 1 heteroatoms. The van der Waals surface area contributed by atoms with Gasteiger partial charge in [-0.15, -0.1) is 0 Å². The van der Waals surface area contributed by atoms with E-state index in [-0.39, 0.29) is 0 Å². The first-order valence-electron chi connectivity index (χ1n) is 8.07. The lowest BCUT2D eigenvalue weighted by Crippen LogP contribution is -2.34. The van der Waals surface area contributed by atoms with Crippen molar-refractivity contribution in [2.75, 3.05) is 0 Å². The van der Waals surface area contributed by atoms with Crippen molar-refractivity contribution in [1.82, 2.24) is 0 Å². The summed E-state index contributed by atoms with van der Waals surface area (Å²) < 4.78 is 0. The zero-order chi connectivity index (χ0) is 15.2. The molecule has 21 heavy (non-hydrogen) atoms. The second kappa shape index (κ2) is 7.60. The van der Waals surface area contributed by atoms with Gasteiger partial charge in [-0.1, -0.05) is 99.6 Å². The van der Waals surface area contributed by atoms with E-state index < -0.39 is 8.80 Å². The first kappa shape index (κ1) is 16.0. The van der Waals surface area contributed by atoms with Gasteiger partial charge in [0.25, 0.3) is 0 Å². The predicted octanol–water partition coefficient (Wildman–Crippen LogP) is 5.37. The maximum absolute atomic E-state index is 2.38. The second-order valence-electron chi connectivity index (χ2n) is 6.71. The summed E-state index contributed by atoms with van der Waals surface area (Å²) in [6.45, 7) is 9.43. The highest BCUT2D eigenvalue weighted by atomic mass is 28.3. The Kier molecular flexibility index (Phi) is 5.81. The highest BCUT2D eigenvalue weighted by Crippen LogP contribution is 2.22. The Morgan fingerprint density at radius 1 is 0.714 bits per heavy atom. The van der Waals surface area contributed by atoms with Crippen molar-refractivity contribution in [1.29, 1.82) is 0 Å². The Hall–Kier alpha value is -1.34. The molecule has 0 atom stereocenters. The third-order valence-corrected chi connectivity index (χ3v) is 7.52. The van der Waals surface area contributed by atoms with Crippen LogP contribution in [0.3, 0.4) is 0 Å². The Morgan fingerprint density at radius 3 is 1.81 bits per heavy atom. The van der Waals surface area contributed by atoms with Gasteiger partial charge in [0.2, 0.25) is 0 Å². The van der Waals surface area contributed by atoms with E-state index in [1.165, 1.54) is 23.2 Å². The van der Waals surface area contributed by atoms with Crippen LogP contribution in [0.4, 0.5) is 0 Å². The van der Waals surface area contributed by atoms with Crippen LogP contribution in [-0.4, -0.2) is 8.80 Å². The largest absolute Gasteiger partial charge is 0.0870 e. The molecule has 0 saturated heterocycles. The number of benzene rings is 2. The number of rotatable bonds is 6. The highest BCUT2D eigenvalue weighted by molar-refractivity contribution is 6.74. The van der Waals surface area contributed by atoms with Crippen molar-refractivity contribution in [3.63, 3.8) is 0 Å². The molecule has 0 bridgehead atoms. The van der Waals surface area contributed by atoms with Crippen molar-refractivity contribution < 1.29 is 0 Å². The van der Waals surface area contributed by atoms with E-state index >= 15 is 0 Å². The van der Waals surface area contributed by atoms with E-state index in [0.717, 1.165) is 11.8 Å². The molecule has 111 valence electrons. The van der Waals surface area contributed by atoms with Crippen molar-refractivity contribution in [3.8, 4) is 11.1 Å². The van der Waals surface area contributed by atoms with Crippen molar-refractivity contribution in [2.24, 2.45) is 11.8 Å². The molecular formula is C20H27Si. The average Bonchev–Trinajstić information content (AvgIpc) is 2.46. The Bertz CT molecular complexity index is 533. The van der Waals surface area contributed by atoms with Gasteiger partial charge >= 0.3 is 0 Å². The molecule has 0 nitrogen and oxygen atoms in total. The predicted molar refractivity (Wildman–Crippen MR) is 96.6 cm³/mol. The van der Waals surface area contributed by atoms with E-state index in [4.69, 9.17) is 0 Å². The summed E-state index contributed by atoms with van der Waals surface area (Å²) in [5, 5.41) is 1.62. The third kappa shape index (κ3) is 4.57. The van der Waals surface area contributed by atoms with Crippen LogP contribution in [0, 0.1) is 11.8 Å². The average molecular weight is 296 g/mol. The topological polar surface area (TPSA) is 0 Å². The molecule has 0 saturated carbocycles. The molecule has 2 aromatic rings. The normalized spacial score (nSPS) is 11.6. The molecule has 0 N–H and O–H groups in total. The Balaban J connectivity index is 2.40. The van der Waals surface area contributed by atoms with E-state index in [9.17, 15) is 0 Å². The molecule has 0 spiro atoms. The molecule has 0 aromatic heterocycles. The number of hydrogen-bond acceptors (Lipinski definition) is 0. The summed E-state index contributed by atoms with van der Waals surface area (Å²) in [4.78, 5) is 0. The molecule has 1 radical (unpaired) electrons.